The Kier molecular flexibility index (Phi) is 3.42. The Hall–Kier alpha value is -0.120. The van der Waals surface area contributed by atoms with Gasteiger partial charge in [0.05, 0.1) is 0 Å². The summed E-state index contributed by atoms with van der Waals surface area (Å²) in [6, 6.07) is 0. The normalized spacial score (nSPS) is 31.7. The van der Waals surface area contributed by atoms with Crippen LogP contribution in [-0.2, 0) is 0 Å². The molecule has 0 amide bonds. The largest absolute Gasteiger partial charge is 0.330 e. The van der Waals surface area contributed by atoms with Crippen LogP contribution in [0.15, 0.2) is 0 Å². The molecule has 0 aliphatic carbocycles. The molecule has 2 heterocycles. The molecule has 3 heteroatoms. The standard InChI is InChI=1S/C11H23N3/c1-13-6-11(7-13)9-14-4-2-3-10(5-12)8-14/h10-11H,2-9,12H2,1H3. The molecule has 14 heavy (non-hydrogen) atoms. The van der Waals surface area contributed by atoms with Crippen LogP contribution in [0.1, 0.15) is 12.8 Å². The minimum Gasteiger partial charge on any atom is -0.330 e. The second-order valence-corrected chi connectivity index (χ2v) is 5.09. The van der Waals surface area contributed by atoms with Gasteiger partial charge in [-0.1, -0.05) is 0 Å². The first-order chi connectivity index (χ1) is 6.78. The van der Waals surface area contributed by atoms with Gasteiger partial charge in [0.1, 0.15) is 0 Å². The Bertz CT molecular complexity index is 177. The van der Waals surface area contributed by atoms with Gasteiger partial charge in [0.15, 0.2) is 0 Å². The predicted molar refractivity (Wildman–Crippen MR) is 59.2 cm³/mol. The molecule has 2 aliphatic rings. The Morgan fingerprint density at radius 1 is 1.21 bits per heavy atom. The monoisotopic (exact) mass is 197 g/mol. The van der Waals surface area contributed by atoms with Crippen LogP contribution < -0.4 is 5.73 Å². The molecule has 2 rings (SSSR count). The van der Waals surface area contributed by atoms with Crippen LogP contribution in [0.25, 0.3) is 0 Å². The molecule has 0 spiro atoms. The van der Waals surface area contributed by atoms with E-state index < -0.39 is 0 Å². The zero-order chi connectivity index (χ0) is 9.97. The smallest absolute Gasteiger partial charge is 0.00343 e. The highest BCUT2D eigenvalue weighted by Gasteiger charge is 2.27. The van der Waals surface area contributed by atoms with Gasteiger partial charge in [-0.2, -0.15) is 0 Å². The van der Waals surface area contributed by atoms with Crippen molar-refractivity contribution < 1.29 is 0 Å². The fraction of sp³-hybridized carbons (Fsp3) is 1.00. The highest BCUT2D eigenvalue weighted by Crippen LogP contribution is 2.19. The quantitative estimate of drug-likeness (QED) is 0.702. The third-order valence-electron chi connectivity index (χ3n) is 3.59. The van der Waals surface area contributed by atoms with Crippen LogP contribution in [0.5, 0.6) is 0 Å². The van der Waals surface area contributed by atoms with Crippen molar-refractivity contribution in [3.63, 3.8) is 0 Å². The Balaban J connectivity index is 1.69. The summed E-state index contributed by atoms with van der Waals surface area (Å²) in [5, 5.41) is 0. The van der Waals surface area contributed by atoms with Gasteiger partial charge in [0.25, 0.3) is 0 Å². The fourth-order valence-corrected chi connectivity index (χ4v) is 2.82. The molecule has 1 unspecified atom stereocenters. The maximum atomic E-state index is 5.73. The molecule has 82 valence electrons. The molecule has 0 radical (unpaired) electrons. The van der Waals surface area contributed by atoms with Crippen molar-refractivity contribution in [2.24, 2.45) is 17.6 Å². The lowest BCUT2D eigenvalue weighted by atomic mass is 9.95. The summed E-state index contributed by atoms with van der Waals surface area (Å²) >= 11 is 0. The molecule has 0 saturated carbocycles. The maximum absolute atomic E-state index is 5.73. The van der Waals surface area contributed by atoms with E-state index in [0.717, 1.165) is 18.4 Å². The molecular weight excluding hydrogens is 174 g/mol. The number of nitrogens with zero attached hydrogens (tertiary/aromatic N) is 2. The summed E-state index contributed by atoms with van der Waals surface area (Å²) in [4.78, 5) is 5.02. The molecule has 1 atom stereocenters. The third kappa shape index (κ3) is 2.47. The first kappa shape index (κ1) is 10.4. The molecule has 0 bridgehead atoms. The van der Waals surface area contributed by atoms with Gasteiger partial charge in [0.2, 0.25) is 0 Å². The van der Waals surface area contributed by atoms with E-state index in [1.165, 1.54) is 45.6 Å². The van der Waals surface area contributed by atoms with Crippen LogP contribution in [0.4, 0.5) is 0 Å². The molecule has 2 saturated heterocycles. The van der Waals surface area contributed by atoms with Gasteiger partial charge in [-0.15, -0.1) is 0 Å². The number of hydrogen-bond acceptors (Lipinski definition) is 3. The number of likely N-dealkylation sites (tertiary alicyclic amines) is 2. The van der Waals surface area contributed by atoms with Crippen LogP contribution in [0.3, 0.4) is 0 Å². The Morgan fingerprint density at radius 3 is 2.64 bits per heavy atom. The summed E-state index contributed by atoms with van der Waals surface area (Å²) in [5.74, 6) is 1.69. The minimum absolute atomic E-state index is 0.765. The van der Waals surface area contributed by atoms with Crippen molar-refractivity contribution >= 4 is 0 Å². The average Bonchev–Trinajstić information content (AvgIpc) is 2.16. The lowest BCUT2D eigenvalue weighted by molar-refractivity contribution is 0.0714. The van der Waals surface area contributed by atoms with Gasteiger partial charge in [0, 0.05) is 26.2 Å². The molecule has 2 fully saturated rings. The topological polar surface area (TPSA) is 32.5 Å². The van der Waals surface area contributed by atoms with Crippen molar-refractivity contribution in [1.29, 1.82) is 0 Å². The summed E-state index contributed by atoms with van der Waals surface area (Å²) in [5.41, 5.74) is 5.73. The number of hydrogen-bond donors (Lipinski definition) is 1. The van der Waals surface area contributed by atoms with E-state index in [2.05, 4.69) is 16.8 Å². The zero-order valence-corrected chi connectivity index (χ0v) is 9.28. The Morgan fingerprint density at radius 2 is 2.00 bits per heavy atom. The SMILES string of the molecule is CN1CC(CN2CCCC(CN)C2)C1. The summed E-state index contributed by atoms with van der Waals surface area (Å²) in [6.45, 7) is 7.32. The van der Waals surface area contributed by atoms with E-state index >= 15 is 0 Å². The first-order valence-electron chi connectivity index (χ1n) is 5.89. The van der Waals surface area contributed by atoms with Gasteiger partial charge in [-0.05, 0) is 44.8 Å². The zero-order valence-electron chi connectivity index (χ0n) is 9.28. The van der Waals surface area contributed by atoms with Crippen molar-refractivity contribution in [3.8, 4) is 0 Å². The summed E-state index contributed by atoms with van der Waals surface area (Å²) < 4.78 is 0. The molecule has 3 nitrogen and oxygen atoms in total. The lowest BCUT2D eigenvalue weighted by Gasteiger charge is -2.41. The van der Waals surface area contributed by atoms with Crippen LogP contribution in [-0.4, -0.2) is 56.1 Å². The van der Waals surface area contributed by atoms with Crippen LogP contribution in [0, 0.1) is 11.8 Å². The molecule has 2 N–H and O–H groups in total. The predicted octanol–water partition coefficient (Wildman–Crippen LogP) is 0.219. The number of rotatable bonds is 3. The average molecular weight is 197 g/mol. The molecular formula is C11H23N3. The van der Waals surface area contributed by atoms with Crippen LogP contribution in [0.2, 0.25) is 0 Å². The number of nitrogens with two attached hydrogens (primary N) is 1. The lowest BCUT2D eigenvalue weighted by Crippen LogP contribution is -2.51. The number of piperidine rings is 1. The Labute approximate surface area is 87.2 Å². The molecule has 0 aromatic heterocycles. The van der Waals surface area contributed by atoms with E-state index in [1.807, 2.05) is 0 Å². The van der Waals surface area contributed by atoms with Gasteiger partial charge < -0.3 is 15.5 Å². The van der Waals surface area contributed by atoms with Gasteiger partial charge in [-0.25, -0.2) is 0 Å². The highest BCUT2D eigenvalue weighted by atomic mass is 15.2. The molecule has 2 aliphatic heterocycles. The van der Waals surface area contributed by atoms with Gasteiger partial charge in [-0.3, -0.25) is 0 Å². The summed E-state index contributed by atoms with van der Waals surface area (Å²) in [6.07, 6.45) is 2.70. The fourth-order valence-electron chi connectivity index (χ4n) is 2.82. The van der Waals surface area contributed by atoms with E-state index in [1.54, 1.807) is 0 Å². The van der Waals surface area contributed by atoms with E-state index in [9.17, 15) is 0 Å². The van der Waals surface area contributed by atoms with E-state index in [4.69, 9.17) is 5.73 Å². The third-order valence-corrected chi connectivity index (χ3v) is 3.59. The van der Waals surface area contributed by atoms with Crippen molar-refractivity contribution in [2.75, 3.05) is 46.3 Å². The molecule has 0 aromatic rings. The van der Waals surface area contributed by atoms with Crippen LogP contribution >= 0.6 is 0 Å². The minimum atomic E-state index is 0.765. The van der Waals surface area contributed by atoms with Crippen molar-refractivity contribution in [1.82, 2.24) is 9.80 Å². The highest BCUT2D eigenvalue weighted by molar-refractivity contribution is 4.82. The molecule has 0 aromatic carbocycles. The second kappa shape index (κ2) is 4.60. The second-order valence-electron chi connectivity index (χ2n) is 5.09. The van der Waals surface area contributed by atoms with E-state index in [0.29, 0.717) is 0 Å². The van der Waals surface area contributed by atoms with Gasteiger partial charge >= 0.3 is 0 Å². The van der Waals surface area contributed by atoms with Crippen molar-refractivity contribution in [3.05, 3.63) is 0 Å². The van der Waals surface area contributed by atoms with E-state index in [-0.39, 0.29) is 0 Å². The maximum Gasteiger partial charge on any atom is 0.00343 e. The first-order valence-corrected chi connectivity index (χ1v) is 5.89. The summed E-state index contributed by atoms with van der Waals surface area (Å²) in [7, 11) is 2.20. The van der Waals surface area contributed by atoms with Crippen molar-refractivity contribution in [2.45, 2.75) is 12.8 Å².